The van der Waals surface area contributed by atoms with Crippen LogP contribution < -0.4 is 4.74 Å². The number of nitro groups is 1. The second-order valence-corrected chi connectivity index (χ2v) is 4.52. The number of nitro benzene ring substituents is 1. The number of alkyl halides is 1. The van der Waals surface area contributed by atoms with Crippen molar-refractivity contribution in [3.05, 3.63) is 46.0 Å². The lowest BCUT2D eigenvalue weighted by atomic mass is 10.2. The molecule has 106 valence electrons. The lowest BCUT2D eigenvalue weighted by Gasteiger charge is -2.10. The summed E-state index contributed by atoms with van der Waals surface area (Å²) in [5, 5.41) is 15.3. The van der Waals surface area contributed by atoms with Crippen LogP contribution in [0.4, 0.5) is 5.69 Å². The van der Waals surface area contributed by atoms with Crippen LogP contribution in [0.1, 0.15) is 18.3 Å². The van der Waals surface area contributed by atoms with Gasteiger partial charge in [0.2, 0.25) is 0 Å². The van der Waals surface area contributed by atoms with Gasteiger partial charge in [-0.25, -0.2) is 9.67 Å². The van der Waals surface area contributed by atoms with Gasteiger partial charge in [-0.2, -0.15) is 5.10 Å². The predicted octanol–water partition coefficient (Wildman–Crippen LogP) is 2.68. The van der Waals surface area contributed by atoms with E-state index in [4.69, 9.17) is 4.74 Å². The van der Waals surface area contributed by atoms with Gasteiger partial charge in [0.1, 0.15) is 18.7 Å². The van der Waals surface area contributed by atoms with Crippen molar-refractivity contribution in [2.24, 2.45) is 0 Å². The monoisotopic (exact) mass is 340 g/mol. The molecule has 0 fully saturated rings. The Morgan fingerprint density at radius 1 is 1.50 bits per heavy atom. The van der Waals surface area contributed by atoms with E-state index in [1.807, 2.05) is 6.92 Å². The maximum Gasteiger partial charge on any atom is 0.270 e. The highest BCUT2D eigenvalue weighted by Crippen LogP contribution is 2.26. The fourth-order valence-corrected chi connectivity index (χ4v) is 2.17. The first kappa shape index (κ1) is 14.4. The molecule has 20 heavy (non-hydrogen) atoms. The van der Waals surface area contributed by atoms with Gasteiger partial charge in [0.05, 0.1) is 4.92 Å². The maximum atomic E-state index is 10.7. The van der Waals surface area contributed by atoms with Crippen molar-refractivity contribution in [3.8, 4) is 5.75 Å². The predicted molar refractivity (Wildman–Crippen MR) is 75.8 cm³/mol. The first-order chi connectivity index (χ1) is 9.65. The lowest BCUT2D eigenvalue weighted by molar-refractivity contribution is -0.384. The van der Waals surface area contributed by atoms with Gasteiger partial charge in [0, 0.05) is 29.6 Å². The second-order valence-electron chi connectivity index (χ2n) is 3.96. The van der Waals surface area contributed by atoms with E-state index in [0.29, 0.717) is 23.4 Å². The molecule has 0 radical (unpaired) electrons. The fraction of sp³-hybridized carbons (Fsp3) is 0.333. The summed E-state index contributed by atoms with van der Waals surface area (Å²) in [5.74, 6) is 1.31. The van der Waals surface area contributed by atoms with Gasteiger partial charge in [-0.05, 0) is 13.0 Å². The SMILES string of the molecule is CCn1ncnc1COc1ccc([N+](=O)[O-])cc1CBr. The minimum absolute atomic E-state index is 0.0449. The number of aryl methyl sites for hydroxylation is 1. The third-order valence-corrected chi connectivity index (χ3v) is 3.35. The summed E-state index contributed by atoms with van der Waals surface area (Å²) in [6, 6.07) is 4.52. The molecular weight excluding hydrogens is 328 g/mol. The molecule has 0 unspecified atom stereocenters. The summed E-state index contributed by atoms with van der Waals surface area (Å²) < 4.78 is 7.41. The topological polar surface area (TPSA) is 83.1 Å². The van der Waals surface area contributed by atoms with Gasteiger partial charge in [0.15, 0.2) is 5.82 Å². The van der Waals surface area contributed by atoms with Crippen LogP contribution in [0.15, 0.2) is 24.5 Å². The van der Waals surface area contributed by atoms with Crippen LogP contribution in [-0.2, 0) is 18.5 Å². The van der Waals surface area contributed by atoms with E-state index >= 15 is 0 Å². The highest BCUT2D eigenvalue weighted by atomic mass is 79.9. The number of ether oxygens (including phenoxy) is 1. The molecular formula is C12H13BrN4O3. The van der Waals surface area contributed by atoms with Crippen molar-refractivity contribution in [1.82, 2.24) is 14.8 Å². The molecule has 0 amide bonds. The van der Waals surface area contributed by atoms with E-state index in [0.717, 1.165) is 5.56 Å². The summed E-state index contributed by atoms with van der Waals surface area (Å²) >= 11 is 3.30. The van der Waals surface area contributed by atoms with E-state index in [1.165, 1.54) is 18.5 Å². The third kappa shape index (κ3) is 3.13. The normalized spacial score (nSPS) is 10.5. The Bertz CT molecular complexity index is 614. The van der Waals surface area contributed by atoms with Crippen molar-refractivity contribution in [3.63, 3.8) is 0 Å². The Morgan fingerprint density at radius 2 is 2.30 bits per heavy atom. The molecule has 0 aliphatic heterocycles. The molecule has 2 aromatic rings. The maximum absolute atomic E-state index is 10.7. The van der Waals surface area contributed by atoms with Crippen LogP contribution in [0.5, 0.6) is 5.75 Å². The number of non-ortho nitro benzene ring substituents is 1. The average Bonchev–Trinajstić information content (AvgIpc) is 2.92. The minimum Gasteiger partial charge on any atom is -0.485 e. The highest BCUT2D eigenvalue weighted by Gasteiger charge is 2.12. The Hall–Kier alpha value is -1.96. The van der Waals surface area contributed by atoms with Gasteiger partial charge in [-0.1, -0.05) is 15.9 Å². The smallest absolute Gasteiger partial charge is 0.270 e. The molecule has 0 saturated heterocycles. The Labute approximate surface area is 123 Å². The average molecular weight is 341 g/mol. The second kappa shape index (κ2) is 6.47. The molecule has 0 aliphatic rings. The number of hydrogen-bond acceptors (Lipinski definition) is 5. The zero-order chi connectivity index (χ0) is 14.5. The zero-order valence-corrected chi connectivity index (χ0v) is 12.4. The molecule has 1 aromatic carbocycles. The summed E-state index contributed by atoms with van der Waals surface area (Å²) in [6.45, 7) is 2.95. The summed E-state index contributed by atoms with van der Waals surface area (Å²) in [6.07, 6.45) is 1.48. The van der Waals surface area contributed by atoms with E-state index in [2.05, 4.69) is 26.0 Å². The molecule has 0 spiro atoms. The number of halogens is 1. The van der Waals surface area contributed by atoms with Crippen LogP contribution in [0.2, 0.25) is 0 Å². The van der Waals surface area contributed by atoms with E-state index in [-0.39, 0.29) is 12.3 Å². The summed E-state index contributed by atoms with van der Waals surface area (Å²) in [5.41, 5.74) is 0.769. The number of hydrogen-bond donors (Lipinski definition) is 0. The van der Waals surface area contributed by atoms with E-state index in [9.17, 15) is 10.1 Å². The zero-order valence-electron chi connectivity index (χ0n) is 10.8. The molecule has 7 nitrogen and oxygen atoms in total. The molecule has 0 aliphatic carbocycles. The first-order valence-electron chi connectivity index (χ1n) is 5.98. The van der Waals surface area contributed by atoms with Crippen molar-refractivity contribution in [1.29, 1.82) is 0 Å². The van der Waals surface area contributed by atoms with Crippen LogP contribution in [0.25, 0.3) is 0 Å². The number of aromatic nitrogens is 3. The molecule has 0 N–H and O–H groups in total. The van der Waals surface area contributed by atoms with Crippen molar-refractivity contribution in [2.45, 2.75) is 25.4 Å². The van der Waals surface area contributed by atoms with Crippen LogP contribution in [0.3, 0.4) is 0 Å². The van der Waals surface area contributed by atoms with Crippen molar-refractivity contribution < 1.29 is 9.66 Å². The molecule has 1 aromatic heterocycles. The Kier molecular flexibility index (Phi) is 4.67. The first-order valence-corrected chi connectivity index (χ1v) is 7.10. The van der Waals surface area contributed by atoms with Crippen molar-refractivity contribution in [2.75, 3.05) is 0 Å². The highest BCUT2D eigenvalue weighted by molar-refractivity contribution is 9.08. The lowest BCUT2D eigenvalue weighted by Crippen LogP contribution is -2.08. The quantitative estimate of drug-likeness (QED) is 0.458. The third-order valence-electron chi connectivity index (χ3n) is 2.75. The minimum atomic E-state index is -0.427. The molecule has 0 bridgehead atoms. The Morgan fingerprint density at radius 3 is 2.95 bits per heavy atom. The van der Waals surface area contributed by atoms with Gasteiger partial charge < -0.3 is 4.74 Å². The Balaban J connectivity index is 2.15. The van der Waals surface area contributed by atoms with Gasteiger partial charge >= 0.3 is 0 Å². The largest absolute Gasteiger partial charge is 0.485 e. The van der Waals surface area contributed by atoms with Crippen LogP contribution in [-0.4, -0.2) is 19.7 Å². The molecule has 1 heterocycles. The molecule has 8 heteroatoms. The summed E-state index contributed by atoms with van der Waals surface area (Å²) in [4.78, 5) is 14.4. The van der Waals surface area contributed by atoms with Crippen LogP contribution in [0, 0.1) is 10.1 Å². The fourth-order valence-electron chi connectivity index (χ4n) is 1.73. The van der Waals surface area contributed by atoms with Gasteiger partial charge in [-0.3, -0.25) is 10.1 Å². The molecule has 0 saturated carbocycles. The van der Waals surface area contributed by atoms with Gasteiger partial charge in [-0.15, -0.1) is 0 Å². The molecule has 0 atom stereocenters. The summed E-state index contributed by atoms with van der Waals surface area (Å²) in [7, 11) is 0. The van der Waals surface area contributed by atoms with Crippen LogP contribution >= 0.6 is 15.9 Å². The van der Waals surface area contributed by atoms with E-state index < -0.39 is 4.92 Å². The number of nitrogens with zero attached hydrogens (tertiary/aromatic N) is 4. The number of rotatable bonds is 6. The van der Waals surface area contributed by atoms with Crippen molar-refractivity contribution >= 4 is 21.6 Å². The molecule has 2 rings (SSSR count). The van der Waals surface area contributed by atoms with E-state index in [1.54, 1.807) is 10.7 Å². The standard InChI is InChI=1S/C12H13BrN4O3/c1-2-16-12(14-8-15-16)7-20-11-4-3-10(17(18)19)5-9(11)6-13/h3-5,8H,2,6-7H2,1H3. The number of benzene rings is 1. The van der Waals surface area contributed by atoms with Gasteiger partial charge in [0.25, 0.3) is 5.69 Å².